The molecule has 1 saturated heterocycles. The molecule has 0 aromatic heterocycles. The maximum atomic E-state index is 13.3. The van der Waals surface area contributed by atoms with Crippen LogP contribution in [0.4, 0.5) is 11.4 Å². The summed E-state index contributed by atoms with van der Waals surface area (Å²) >= 11 is 6.24. The average molecular weight is 413 g/mol. The summed E-state index contributed by atoms with van der Waals surface area (Å²) in [5, 5.41) is 0.486. The van der Waals surface area contributed by atoms with Crippen molar-refractivity contribution in [3.05, 3.63) is 58.6 Å². The van der Waals surface area contributed by atoms with Crippen LogP contribution in [0.15, 0.2) is 42.5 Å². The topological polar surface area (TPSA) is 66.9 Å². The summed E-state index contributed by atoms with van der Waals surface area (Å²) in [6.07, 6.45) is 1.61. The third kappa shape index (κ3) is 3.49. The molecule has 2 amide bonds. The number of ether oxygens (including phenoxy) is 1. The van der Waals surface area contributed by atoms with Crippen LogP contribution >= 0.6 is 11.6 Å². The molecule has 7 heteroatoms. The van der Waals surface area contributed by atoms with E-state index in [-0.39, 0.29) is 18.2 Å². The first-order valence-electron chi connectivity index (χ1n) is 9.57. The monoisotopic (exact) mass is 412 g/mol. The van der Waals surface area contributed by atoms with Crippen molar-refractivity contribution < 1.29 is 19.1 Å². The summed E-state index contributed by atoms with van der Waals surface area (Å²) in [4.78, 5) is 41.3. The van der Waals surface area contributed by atoms with Gasteiger partial charge in [0.1, 0.15) is 0 Å². The van der Waals surface area contributed by atoms with Crippen molar-refractivity contribution in [2.24, 2.45) is 5.92 Å². The van der Waals surface area contributed by atoms with E-state index in [0.717, 1.165) is 17.7 Å². The molecule has 0 saturated carbocycles. The van der Waals surface area contributed by atoms with Crippen LogP contribution in [-0.4, -0.2) is 38.0 Å². The minimum absolute atomic E-state index is 0.101. The molecule has 0 radical (unpaired) electrons. The van der Waals surface area contributed by atoms with Gasteiger partial charge in [0.25, 0.3) is 0 Å². The first-order valence-corrected chi connectivity index (χ1v) is 9.95. The zero-order valence-corrected chi connectivity index (χ0v) is 16.8. The van der Waals surface area contributed by atoms with Gasteiger partial charge in [-0.2, -0.15) is 0 Å². The van der Waals surface area contributed by atoms with E-state index < -0.39 is 11.9 Å². The number of amides is 2. The van der Waals surface area contributed by atoms with Gasteiger partial charge in [0, 0.05) is 25.2 Å². The number of halogens is 1. The number of hydrogen-bond acceptors (Lipinski definition) is 4. The molecular weight excluding hydrogens is 392 g/mol. The van der Waals surface area contributed by atoms with Crippen molar-refractivity contribution in [2.75, 3.05) is 30.0 Å². The molecule has 2 aromatic carbocycles. The first-order chi connectivity index (χ1) is 14.0. The lowest BCUT2D eigenvalue weighted by Crippen LogP contribution is -2.41. The van der Waals surface area contributed by atoms with Gasteiger partial charge in [0.15, 0.2) is 0 Å². The highest BCUT2D eigenvalue weighted by Crippen LogP contribution is 2.35. The van der Waals surface area contributed by atoms with Gasteiger partial charge in [-0.15, -0.1) is 0 Å². The molecule has 0 N–H and O–H groups in total. The van der Waals surface area contributed by atoms with Gasteiger partial charge in [-0.25, -0.2) is 4.79 Å². The average Bonchev–Trinajstić information content (AvgIpc) is 3.13. The number of rotatable bonds is 3. The number of nitrogens with zero attached hydrogens (tertiary/aromatic N) is 2. The van der Waals surface area contributed by atoms with E-state index in [2.05, 4.69) is 0 Å². The highest BCUT2D eigenvalue weighted by molar-refractivity contribution is 6.34. The second-order valence-corrected chi connectivity index (χ2v) is 7.65. The SMILES string of the molecule is COC(=O)c1cccc2c1CCCN2C(=O)C1CC(=O)N(c2ccccc2Cl)C1. The van der Waals surface area contributed by atoms with Gasteiger partial charge in [-0.1, -0.05) is 29.8 Å². The molecule has 2 heterocycles. The van der Waals surface area contributed by atoms with Gasteiger partial charge in [0.2, 0.25) is 11.8 Å². The standard InChI is InChI=1S/C22H21ClN2O4/c1-29-22(28)16-6-4-10-18-15(16)7-5-11-24(18)21(27)14-12-20(26)25(13-14)19-9-3-2-8-17(19)23/h2-4,6,8-10,14H,5,7,11-13H2,1H3. The fraction of sp³-hybridized carbons (Fsp3) is 0.318. The first kappa shape index (κ1) is 19.5. The summed E-state index contributed by atoms with van der Waals surface area (Å²) in [6.45, 7) is 0.858. The number of carbonyl (C=O) groups is 3. The molecule has 150 valence electrons. The molecule has 2 aliphatic heterocycles. The van der Waals surface area contributed by atoms with Crippen LogP contribution in [0.2, 0.25) is 5.02 Å². The van der Waals surface area contributed by atoms with Crippen LogP contribution in [0.1, 0.15) is 28.8 Å². The molecule has 1 fully saturated rings. The van der Waals surface area contributed by atoms with Crippen LogP contribution < -0.4 is 9.80 Å². The number of carbonyl (C=O) groups excluding carboxylic acids is 3. The summed E-state index contributed by atoms with van der Waals surface area (Å²) in [5.41, 5.74) is 2.67. The van der Waals surface area contributed by atoms with Crippen LogP contribution in [-0.2, 0) is 20.7 Å². The predicted octanol–water partition coefficient (Wildman–Crippen LogP) is 3.46. The Morgan fingerprint density at radius 2 is 1.86 bits per heavy atom. The van der Waals surface area contributed by atoms with Crippen molar-refractivity contribution in [1.82, 2.24) is 0 Å². The zero-order chi connectivity index (χ0) is 20.5. The van der Waals surface area contributed by atoms with E-state index in [9.17, 15) is 14.4 Å². The highest BCUT2D eigenvalue weighted by Gasteiger charge is 2.39. The normalized spacial score (nSPS) is 18.6. The summed E-state index contributed by atoms with van der Waals surface area (Å²) in [7, 11) is 1.35. The Morgan fingerprint density at radius 1 is 1.10 bits per heavy atom. The second kappa shape index (κ2) is 7.87. The number of benzene rings is 2. The fourth-order valence-electron chi connectivity index (χ4n) is 4.15. The molecule has 0 bridgehead atoms. The summed E-state index contributed by atoms with van der Waals surface area (Å²) < 4.78 is 4.88. The van der Waals surface area contributed by atoms with Crippen LogP contribution in [0.25, 0.3) is 0 Å². The lowest BCUT2D eigenvalue weighted by atomic mass is 9.94. The third-order valence-corrected chi connectivity index (χ3v) is 5.86. The molecule has 4 rings (SSSR count). The number of methoxy groups -OCH3 is 1. The molecule has 1 atom stereocenters. The molecular formula is C22H21ClN2O4. The van der Waals surface area contributed by atoms with E-state index in [0.29, 0.717) is 35.8 Å². The van der Waals surface area contributed by atoms with E-state index >= 15 is 0 Å². The van der Waals surface area contributed by atoms with Gasteiger partial charge >= 0.3 is 5.97 Å². The molecule has 6 nitrogen and oxygen atoms in total. The van der Waals surface area contributed by atoms with Crippen molar-refractivity contribution in [2.45, 2.75) is 19.3 Å². The predicted molar refractivity (Wildman–Crippen MR) is 110 cm³/mol. The highest BCUT2D eigenvalue weighted by atomic mass is 35.5. The molecule has 29 heavy (non-hydrogen) atoms. The minimum atomic E-state index is -0.452. The number of esters is 1. The number of hydrogen-bond donors (Lipinski definition) is 0. The van der Waals surface area contributed by atoms with Gasteiger partial charge in [-0.05, 0) is 42.7 Å². The molecule has 2 aliphatic rings. The summed E-state index contributed by atoms with van der Waals surface area (Å²) in [6, 6.07) is 12.5. The van der Waals surface area contributed by atoms with E-state index in [1.807, 2.05) is 12.1 Å². The Hall–Kier alpha value is -2.86. The van der Waals surface area contributed by atoms with Gasteiger partial charge in [0.05, 0.1) is 29.3 Å². The van der Waals surface area contributed by atoms with Crippen molar-refractivity contribution in [3.8, 4) is 0 Å². The van der Waals surface area contributed by atoms with Crippen LogP contribution in [0.5, 0.6) is 0 Å². The lowest BCUT2D eigenvalue weighted by molar-refractivity contribution is -0.124. The van der Waals surface area contributed by atoms with E-state index in [1.165, 1.54) is 7.11 Å². The van der Waals surface area contributed by atoms with E-state index in [4.69, 9.17) is 16.3 Å². The van der Waals surface area contributed by atoms with Crippen molar-refractivity contribution in [1.29, 1.82) is 0 Å². The molecule has 2 aromatic rings. The maximum absolute atomic E-state index is 13.3. The Kier molecular flexibility index (Phi) is 5.28. The van der Waals surface area contributed by atoms with Crippen LogP contribution in [0.3, 0.4) is 0 Å². The van der Waals surface area contributed by atoms with Gasteiger partial charge in [-0.3, -0.25) is 9.59 Å². The molecule has 0 spiro atoms. The lowest BCUT2D eigenvalue weighted by Gasteiger charge is -2.32. The maximum Gasteiger partial charge on any atom is 0.338 e. The Labute approximate surface area is 174 Å². The number of fused-ring (bicyclic) bond motifs is 1. The van der Waals surface area contributed by atoms with E-state index in [1.54, 1.807) is 40.1 Å². The molecule has 1 unspecified atom stereocenters. The quantitative estimate of drug-likeness (QED) is 0.724. The van der Waals surface area contributed by atoms with Crippen LogP contribution in [0, 0.1) is 5.92 Å². The zero-order valence-electron chi connectivity index (χ0n) is 16.1. The third-order valence-electron chi connectivity index (χ3n) is 5.54. The number of para-hydroxylation sites is 1. The Bertz CT molecular complexity index is 991. The van der Waals surface area contributed by atoms with Crippen molar-refractivity contribution >= 4 is 40.8 Å². The van der Waals surface area contributed by atoms with Gasteiger partial charge < -0.3 is 14.5 Å². The molecule has 0 aliphatic carbocycles. The Morgan fingerprint density at radius 3 is 2.62 bits per heavy atom. The number of anilines is 2. The second-order valence-electron chi connectivity index (χ2n) is 7.25. The smallest absolute Gasteiger partial charge is 0.338 e. The Balaban J connectivity index is 1.60. The van der Waals surface area contributed by atoms with Crippen molar-refractivity contribution in [3.63, 3.8) is 0 Å². The fourth-order valence-corrected chi connectivity index (χ4v) is 4.39. The minimum Gasteiger partial charge on any atom is -0.465 e. The largest absolute Gasteiger partial charge is 0.465 e. The summed E-state index contributed by atoms with van der Waals surface area (Å²) in [5.74, 6) is -1.07.